The van der Waals surface area contributed by atoms with Crippen molar-refractivity contribution in [2.24, 2.45) is 41.4 Å². The molecule has 2 aliphatic heterocycles. The second kappa shape index (κ2) is 43.2. The largest absolute Gasteiger partial charge is 0 e. The third kappa shape index (κ3) is 36.2. The maximum atomic E-state index is 3.49. The zero-order valence-corrected chi connectivity index (χ0v) is 57.2. The maximum Gasteiger partial charge on any atom is 0 e. The minimum Gasteiger partial charge on any atom is 0 e. The molecule has 1 radical (unpaired) electrons. The second-order valence-corrected chi connectivity index (χ2v) is 71.2. The van der Waals surface area contributed by atoms with Crippen molar-refractivity contribution in [2.75, 3.05) is 26.2 Å². The molecule has 0 aromatic carbocycles. The van der Waals surface area contributed by atoms with Gasteiger partial charge in [-0.1, -0.05) is 113 Å². The summed E-state index contributed by atoms with van der Waals surface area (Å²) in [6.07, 6.45) is 31.5. The Labute approximate surface area is 459 Å². The van der Waals surface area contributed by atoms with Crippen LogP contribution in [0.1, 0.15) is 210 Å². The molecule has 11 heteroatoms. The van der Waals surface area contributed by atoms with Gasteiger partial charge in [-0.2, -0.15) is 6.42 Å². The summed E-state index contributed by atoms with van der Waals surface area (Å²) in [5.74, 6) is 6.95. The van der Waals surface area contributed by atoms with Crippen LogP contribution in [0.3, 0.4) is 0 Å². The van der Waals surface area contributed by atoms with E-state index in [1.807, 2.05) is 29.5 Å². The molecule has 4 saturated carbocycles. The molecule has 0 bridgehead atoms. The van der Waals surface area contributed by atoms with Crippen molar-refractivity contribution >= 4 is 120 Å². The molecule has 0 unspecified atom stereocenters. The SMILES string of the molecule is CC1CCC(C)CC1.CC1CCCCC1.CC1CCN(C2(C)CCC(C)CC2)CC1.CC1CCN(C2(C)CCC(C)CC2)CC1.I[I-]I.[CH2-]CC.[CH2-]I.[I][V]([I])[I].[V]. The van der Waals surface area contributed by atoms with Crippen LogP contribution in [-0.2, 0) is 23.5 Å². The van der Waals surface area contributed by atoms with Crippen molar-refractivity contribution in [1.29, 1.82) is 0 Å². The van der Waals surface area contributed by atoms with Gasteiger partial charge in [-0.3, -0.25) is 14.7 Å². The number of nitrogens with zero attached hydrogens (tertiary/aromatic N) is 2. The Balaban J connectivity index is -0.000000653. The van der Waals surface area contributed by atoms with Gasteiger partial charge in [0, 0.05) is 29.6 Å². The molecule has 2 heterocycles. The maximum absolute atomic E-state index is 3.49. The minimum atomic E-state index is -0.278. The summed E-state index contributed by atoms with van der Waals surface area (Å²) in [7, 11) is 0. The number of piperidine rings is 2. The van der Waals surface area contributed by atoms with Gasteiger partial charge in [0.15, 0.2) is 0 Å². The Bertz CT molecular complexity index is 785. The minimum absolute atomic E-state index is 0. The van der Waals surface area contributed by atoms with Crippen LogP contribution in [0, 0.1) is 53.3 Å². The Morgan fingerprint density at radius 3 is 0.879 bits per heavy atom. The summed E-state index contributed by atoms with van der Waals surface area (Å²) < 4.78 is 0. The predicted molar refractivity (Wildman–Crippen MR) is 306 cm³/mol. The molecule has 6 fully saturated rings. The van der Waals surface area contributed by atoms with Crippen molar-refractivity contribution in [3.63, 3.8) is 0 Å². The molecule has 0 aromatic rings. The number of likely N-dealkylation sites (tertiary alicyclic amines) is 2. The van der Waals surface area contributed by atoms with Crippen molar-refractivity contribution < 1.29 is 36.7 Å². The van der Waals surface area contributed by atoms with Gasteiger partial charge in [0.05, 0.1) is 0 Å². The van der Waals surface area contributed by atoms with Gasteiger partial charge in [-0.15, -0.1) is 0 Å². The fourth-order valence-electron chi connectivity index (χ4n) is 9.23. The molecule has 0 spiro atoms. The van der Waals surface area contributed by atoms with Gasteiger partial charge in [0.2, 0.25) is 0 Å². The van der Waals surface area contributed by atoms with Crippen LogP contribution < -0.4 is 13.3 Å². The fraction of sp³-hybridized carbons (Fsp3) is 0.957. The molecule has 2 nitrogen and oxygen atoms in total. The summed E-state index contributed by atoms with van der Waals surface area (Å²) in [4.78, 5) is 8.52. The molecule has 0 atom stereocenters. The summed E-state index contributed by atoms with van der Waals surface area (Å²) >= 11 is 14.6. The van der Waals surface area contributed by atoms with Gasteiger partial charge in [-0.05, 0) is 159 Å². The monoisotopic (exact) mass is 1680 g/mol. The van der Waals surface area contributed by atoms with Crippen molar-refractivity contribution in [2.45, 2.75) is 222 Å². The first kappa shape index (κ1) is 68.5. The number of rotatable bonds is 2. The van der Waals surface area contributed by atoms with Gasteiger partial charge >= 0.3 is 115 Å². The van der Waals surface area contributed by atoms with E-state index >= 15 is 0 Å². The summed E-state index contributed by atoms with van der Waals surface area (Å²) in [5.41, 5.74) is 1.10. The fourth-order valence-corrected chi connectivity index (χ4v) is 9.23. The zero-order chi connectivity index (χ0) is 43.9. The molecule has 353 valence electrons. The Kier molecular flexibility index (Phi) is 51.0. The Hall–Kier alpha value is 6.20. The van der Waals surface area contributed by atoms with E-state index in [9.17, 15) is 0 Å². The molecule has 6 rings (SSSR count). The molecule has 0 aromatic heterocycles. The van der Waals surface area contributed by atoms with E-state index in [4.69, 9.17) is 0 Å². The summed E-state index contributed by atoms with van der Waals surface area (Å²) in [5, 5.41) is 0. The molecular weight excluding hydrogens is 1580 g/mol. The zero-order valence-electron chi connectivity index (χ0n) is 39.3. The third-order valence-electron chi connectivity index (χ3n) is 14.0. The second-order valence-electron chi connectivity index (χ2n) is 19.6. The average molecular weight is 1680 g/mol. The van der Waals surface area contributed by atoms with Gasteiger partial charge in [0.1, 0.15) is 0 Å². The standard InChI is InChI=1S/2C14H27N.C8H16.C7H14.C3H7.CH2I.I3.3HI.2V/c2*1-12-4-8-14(3,9-5-12)15-10-6-13(2)7-11-15;1-7-3-5-8(2)6-4-7;1-7-5-3-2-4-6-7;1-3-2;1-2;1-3-2;;;;;/h2*12-13H,4-11H2,1-3H3;7-8H,3-6H2,1-2H3;7H,2-6H2,1H3;1,3H2,2H3;1H2;;3*1H;;/q;;;;3*-1;;;;;+3/p-3. The molecule has 0 N–H and O–H groups in total. The van der Waals surface area contributed by atoms with Crippen LogP contribution in [0.5, 0.6) is 0 Å². The molecule has 0 amide bonds. The molecule has 58 heavy (non-hydrogen) atoms. The summed E-state index contributed by atoms with van der Waals surface area (Å²) in [6.45, 7) is 32.7. The predicted octanol–water partition coefficient (Wildman–Crippen LogP) is 16.7. The van der Waals surface area contributed by atoms with Crippen LogP contribution in [0.15, 0.2) is 0 Å². The van der Waals surface area contributed by atoms with Gasteiger partial charge < -0.3 is 29.5 Å². The van der Waals surface area contributed by atoms with E-state index in [0.29, 0.717) is 24.3 Å². The molecule has 4 aliphatic carbocycles. The topological polar surface area (TPSA) is 6.48 Å². The smallest absolute Gasteiger partial charge is 0 e. The summed E-state index contributed by atoms with van der Waals surface area (Å²) in [6, 6.07) is 0. The first-order valence-electron chi connectivity index (χ1n) is 23.2. The van der Waals surface area contributed by atoms with E-state index in [1.165, 1.54) is 161 Å². The van der Waals surface area contributed by atoms with Crippen molar-refractivity contribution in [1.82, 2.24) is 9.80 Å². The molecule has 2 saturated heterocycles. The van der Waals surface area contributed by atoms with Crippen LogP contribution in [-0.4, -0.2) is 47.1 Å². The van der Waals surface area contributed by atoms with Crippen LogP contribution in [0.2, 0.25) is 0 Å². The molecule has 6 aliphatic rings. The quantitative estimate of drug-likeness (QED) is 0.201. The number of halogens is 7. The van der Waals surface area contributed by atoms with E-state index in [1.54, 1.807) is 0 Å². The first-order chi connectivity index (χ1) is 26.9. The first-order valence-corrected chi connectivity index (χ1v) is 50.8. The normalized spacial score (nSPS) is 30.9. The van der Waals surface area contributed by atoms with Crippen LogP contribution in [0.25, 0.3) is 0 Å². The van der Waals surface area contributed by atoms with Crippen molar-refractivity contribution in [3.05, 3.63) is 11.9 Å². The third-order valence-corrected chi connectivity index (χ3v) is 14.0. The Morgan fingerprint density at radius 1 is 0.483 bits per heavy atom. The van der Waals surface area contributed by atoms with Crippen LogP contribution >= 0.6 is 120 Å². The Morgan fingerprint density at radius 2 is 0.672 bits per heavy atom. The van der Waals surface area contributed by atoms with Gasteiger partial charge in [-0.25, -0.2) is 0 Å². The van der Waals surface area contributed by atoms with E-state index < -0.39 is 0 Å². The number of hydrogen-bond donors (Lipinski definition) is 0. The van der Waals surface area contributed by atoms with E-state index in [0.717, 1.165) is 47.8 Å². The average Bonchev–Trinajstić information content (AvgIpc) is 3.18. The number of hydrogen-bond acceptors (Lipinski definition) is 2. The van der Waals surface area contributed by atoms with E-state index in [-0.39, 0.29) is 23.5 Å². The molecular formula is C47H93I7N2V2-3. The van der Waals surface area contributed by atoms with E-state index in [2.05, 4.69) is 181 Å². The van der Waals surface area contributed by atoms with Crippen LogP contribution in [0.4, 0.5) is 0 Å². The van der Waals surface area contributed by atoms with Gasteiger partial charge in [0.25, 0.3) is 0 Å². The van der Waals surface area contributed by atoms with Crippen molar-refractivity contribution in [3.8, 4) is 0 Å².